The number of fused-ring (bicyclic) bond motifs is 2. The molecule has 4 rings (SSSR count). The van der Waals surface area contributed by atoms with E-state index in [1.54, 1.807) is 36.4 Å². The quantitative estimate of drug-likeness (QED) is 0.588. The second kappa shape index (κ2) is 6.35. The number of aromatic nitrogens is 3. The molecule has 0 unspecified atom stereocenters. The van der Waals surface area contributed by atoms with E-state index in [0.717, 1.165) is 10.8 Å². The third kappa shape index (κ3) is 2.79. The largest absolute Gasteiger partial charge is 0.506 e. The van der Waals surface area contributed by atoms with Gasteiger partial charge >= 0.3 is 0 Å². The first kappa shape index (κ1) is 15.9. The zero-order valence-electron chi connectivity index (χ0n) is 13.6. The van der Waals surface area contributed by atoms with Gasteiger partial charge in [-0.1, -0.05) is 6.07 Å². The fourth-order valence-corrected chi connectivity index (χ4v) is 2.76. The molecule has 0 atom stereocenters. The summed E-state index contributed by atoms with van der Waals surface area (Å²) < 4.78 is 5.43. The number of hydrogen-bond donors (Lipinski definition) is 2. The highest BCUT2D eigenvalue weighted by Crippen LogP contribution is 2.30. The summed E-state index contributed by atoms with van der Waals surface area (Å²) in [6.07, 6.45) is 0. The van der Waals surface area contributed by atoms with Crippen LogP contribution in [0.5, 0.6) is 11.5 Å². The van der Waals surface area contributed by atoms with Crippen LogP contribution in [-0.4, -0.2) is 38.4 Å². The molecular weight excluding hydrogens is 332 g/mol. The molecule has 2 N–H and O–H groups in total. The maximum absolute atomic E-state index is 10.4. The minimum atomic E-state index is -0.0622. The van der Waals surface area contributed by atoms with E-state index in [2.05, 4.69) is 16.3 Å². The van der Waals surface area contributed by atoms with Gasteiger partial charge < -0.3 is 14.9 Å². The molecule has 26 heavy (non-hydrogen) atoms. The summed E-state index contributed by atoms with van der Waals surface area (Å²) in [7, 11) is 0. The van der Waals surface area contributed by atoms with Crippen molar-refractivity contribution in [3.05, 3.63) is 54.1 Å². The fraction of sp³-hybridized carbons (Fsp3) is 0.105. The van der Waals surface area contributed by atoms with Crippen molar-refractivity contribution in [2.45, 2.75) is 0 Å². The molecule has 0 aliphatic rings. The Kier molecular flexibility index (Phi) is 3.88. The van der Waals surface area contributed by atoms with Gasteiger partial charge in [-0.2, -0.15) is 5.26 Å². The normalized spacial score (nSPS) is 10.9. The number of benzene rings is 3. The average molecular weight is 346 g/mol. The summed E-state index contributed by atoms with van der Waals surface area (Å²) in [5, 5.41) is 38.7. The molecule has 1 aromatic heterocycles. The molecule has 128 valence electrons. The molecule has 0 radical (unpaired) electrons. The maximum atomic E-state index is 10.4. The molecule has 1 heterocycles. The van der Waals surface area contributed by atoms with Crippen LogP contribution in [0.4, 0.5) is 0 Å². The summed E-state index contributed by atoms with van der Waals surface area (Å²) in [5.41, 5.74) is 2.12. The van der Waals surface area contributed by atoms with Crippen molar-refractivity contribution in [1.82, 2.24) is 15.0 Å². The second-order valence-corrected chi connectivity index (χ2v) is 5.73. The van der Waals surface area contributed by atoms with E-state index in [0.29, 0.717) is 28.0 Å². The predicted octanol–water partition coefficient (Wildman–Crippen LogP) is 2.52. The molecule has 0 fully saturated rings. The standard InChI is InChI=1S/C19H14N4O3/c20-11-12-1-4-16-17(7-12)22-23(21-16)18-9-14-8-15(26-6-5-24)3-2-13(14)10-19(18)25/h1-4,7-10,24-25H,5-6H2. The van der Waals surface area contributed by atoms with Gasteiger partial charge in [0.2, 0.25) is 0 Å². The van der Waals surface area contributed by atoms with Gasteiger partial charge in [0.15, 0.2) is 0 Å². The molecule has 0 saturated carbocycles. The smallest absolute Gasteiger partial charge is 0.143 e. The number of hydrogen-bond acceptors (Lipinski definition) is 6. The highest BCUT2D eigenvalue weighted by Gasteiger charge is 2.11. The van der Waals surface area contributed by atoms with Crippen molar-refractivity contribution in [1.29, 1.82) is 5.26 Å². The van der Waals surface area contributed by atoms with E-state index in [9.17, 15) is 5.11 Å². The van der Waals surface area contributed by atoms with Crippen LogP contribution in [0.25, 0.3) is 27.5 Å². The van der Waals surface area contributed by atoms with Crippen molar-refractivity contribution < 1.29 is 14.9 Å². The molecule has 0 aliphatic heterocycles. The number of rotatable bonds is 4. The molecule has 0 bridgehead atoms. The number of phenolic OH excluding ortho intramolecular Hbond substituents is 1. The van der Waals surface area contributed by atoms with Crippen LogP contribution in [0.3, 0.4) is 0 Å². The Morgan fingerprint density at radius 2 is 1.85 bits per heavy atom. The van der Waals surface area contributed by atoms with E-state index in [4.69, 9.17) is 15.1 Å². The van der Waals surface area contributed by atoms with Gasteiger partial charge in [-0.3, -0.25) is 0 Å². The first-order valence-corrected chi connectivity index (χ1v) is 7.96. The highest BCUT2D eigenvalue weighted by molar-refractivity contribution is 5.88. The van der Waals surface area contributed by atoms with Gasteiger partial charge in [-0.05, 0) is 53.2 Å². The number of aliphatic hydroxyl groups excluding tert-OH is 1. The second-order valence-electron chi connectivity index (χ2n) is 5.73. The van der Waals surface area contributed by atoms with Gasteiger partial charge in [0.05, 0.1) is 18.2 Å². The first-order valence-electron chi connectivity index (χ1n) is 7.96. The van der Waals surface area contributed by atoms with Gasteiger partial charge in [0.1, 0.15) is 34.8 Å². The van der Waals surface area contributed by atoms with Gasteiger partial charge in [0.25, 0.3) is 0 Å². The zero-order chi connectivity index (χ0) is 18.1. The van der Waals surface area contributed by atoms with Gasteiger partial charge in [-0.25, -0.2) is 0 Å². The van der Waals surface area contributed by atoms with E-state index in [-0.39, 0.29) is 19.0 Å². The SMILES string of the molecule is N#Cc1ccc2nn(-c3cc4cc(OCCO)ccc4cc3O)nc2c1. The van der Waals surface area contributed by atoms with Crippen LogP contribution in [0.2, 0.25) is 0 Å². The molecule has 7 nitrogen and oxygen atoms in total. The van der Waals surface area contributed by atoms with E-state index < -0.39 is 0 Å². The Hall–Kier alpha value is -3.63. The minimum Gasteiger partial charge on any atom is -0.506 e. The molecule has 3 aromatic carbocycles. The maximum Gasteiger partial charge on any atom is 0.143 e. The first-order chi connectivity index (χ1) is 12.7. The minimum absolute atomic E-state index is 0.0438. The molecule has 0 spiro atoms. The Bertz CT molecular complexity index is 1160. The van der Waals surface area contributed by atoms with E-state index >= 15 is 0 Å². The molecule has 7 heteroatoms. The summed E-state index contributed by atoms with van der Waals surface area (Å²) in [4.78, 5) is 1.35. The van der Waals surface area contributed by atoms with Crippen LogP contribution >= 0.6 is 0 Å². The highest BCUT2D eigenvalue weighted by atomic mass is 16.5. The van der Waals surface area contributed by atoms with Crippen LogP contribution in [-0.2, 0) is 0 Å². The monoisotopic (exact) mass is 346 g/mol. The number of nitriles is 1. The third-order valence-electron chi connectivity index (χ3n) is 3.99. The summed E-state index contributed by atoms with van der Waals surface area (Å²) in [5.74, 6) is 0.669. The average Bonchev–Trinajstić information content (AvgIpc) is 3.08. The van der Waals surface area contributed by atoms with E-state index in [1.165, 1.54) is 4.80 Å². The lowest BCUT2D eigenvalue weighted by atomic mass is 10.1. The molecule has 0 amide bonds. The summed E-state index contributed by atoms with van der Waals surface area (Å²) in [6, 6.07) is 15.9. The van der Waals surface area contributed by atoms with Gasteiger partial charge in [-0.15, -0.1) is 15.0 Å². The van der Waals surface area contributed by atoms with Crippen LogP contribution in [0, 0.1) is 11.3 Å². The topological polar surface area (TPSA) is 104 Å². The molecule has 0 saturated heterocycles. The number of nitrogens with zero attached hydrogens (tertiary/aromatic N) is 4. The van der Waals surface area contributed by atoms with Crippen molar-refractivity contribution in [3.8, 4) is 23.3 Å². The Morgan fingerprint density at radius 1 is 1.00 bits per heavy atom. The summed E-state index contributed by atoms with van der Waals surface area (Å²) >= 11 is 0. The zero-order valence-corrected chi connectivity index (χ0v) is 13.6. The van der Waals surface area contributed by atoms with Crippen molar-refractivity contribution >= 4 is 21.8 Å². The van der Waals surface area contributed by atoms with Crippen LogP contribution in [0.1, 0.15) is 5.56 Å². The van der Waals surface area contributed by atoms with E-state index in [1.807, 2.05) is 12.1 Å². The Balaban J connectivity index is 1.82. The Morgan fingerprint density at radius 3 is 2.65 bits per heavy atom. The summed E-state index contributed by atoms with van der Waals surface area (Å²) in [6.45, 7) is 0.150. The van der Waals surface area contributed by atoms with Crippen molar-refractivity contribution in [2.75, 3.05) is 13.2 Å². The van der Waals surface area contributed by atoms with Crippen molar-refractivity contribution in [3.63, 3.8) is 0 Å². The van der Waals surface area contributed by atoms with Crippen LogP contribution < -0.4 is 4.74 Å². The fourth-order valence-electron chi connectivity index (χ4n) is 2.76. The molecule has 4 aromatic rings. The molecular formula is C19H14N4O3. The number of aromatic hydroxyl groups is 1. The lowest BCUT2D eigenvalue weighted by Crippen LogP contribution is -2.01. The number of phenols is 1. The lowest BCUT2D eigenvalue weighted by molar-refractivity contribution is 0.201. The lowest BCUT2D eigenvalue weighted by Gasteiger charge is -2.08. The molecule has 0 aliphatic carbocycles. The predicted molar refractivity (Wildman–Crippen MR) is 95.3 cm³/mol. The van der Waals surface area contributed by atoms with Gasteiger partial charge in [0, 0.05) is 0 Å². The third-order valence-corrected chi connectivity index (χ3v) is 3.99. The number of ether oxygens (including phenoxy) is 1. The van der Waals surface area contributed by atoms with Crippen LogP contribution in [0.15, 0.2) is 48.5 Å². The number of aliphatic hydroxyl groups is 1. The Labute approximate surface area is 148 Å². The van der Waals surface area contributed by atoms with Crippen molar-refractivity contribution in [2.24, 2.45) is 0 Å².